The van der Waals surface area contributed by atoms with Crippen molar-refractivity contribution in [3.8, 4) is 0 Å². The summed E-state index contributed by atoms with van der Waals surface area (Å²) in [5, 5.41) is 0. The molecule has 1 atom stereocenters. The number of morpholine rings is 1. The van der Waals surface area contributed by atoms with Gasteiger partial charge in [0.2, 0.25) is 5.91 Å². The van der Waals surface area contributed by atoms with Gasteiger partial charge in [0.05, 0.1) is 19.1 Å². The van der Waals surface area contributed by atoms with Crippen LogP contribution in [0.4, 0.5) is 4.39 Å². The number of hydrogen-bond donors (Lipinski definition) is 0. The van der Waals surface area contributed by atoms with Crippen molar-refractivity contribution in [2.75, 3.05) is 39.8 Å². The predicted octanol–water partition coefficient (Wildman–Crippen LogP) is 1.94. The number of hydrogen-bond acceptors (Lipinski definition) is 3. The minimum absolute atomic E-state index is 0.0688. The number of ether oxygens (including phenoxy) is 1. The zero-order chi connectivity index (χ0) is 16.2. The number of benzene rings is 1. The lowest BCUT2D eigenvalue weighted by molar-refractivity contribution is -0.134. The average molecular weight is 320 g/mol. The molecule has 1 unspecified atom stereocenters. The zero-order valence-electron chi connectivity index (χ0n) is 13.7. The molecule has 0 aromatic heterocycles. The molecule has 1 aromatic carbocycles. The number of amides is 1. The Kier molecular flexibility index (Phi) is 5.28. The molecule has 1 aliphatic carbocycles. The summed E-state index contributed by atoms with van der Waals surface area (Å²) in [6.07, 6.45) is 2.74. The second kappa shape index (κ2) is 7.41. The van der Waals surface area contributed by atoms with Gasteiger partial charge in [-0.05, 0) is 43.5 Å². The SMILES string of the molecule is CN1CCOC(CN(CC2CC2)C(=O)Cc2cccc(F)c2)C1. The van der Waals surface area contributed by atoms with Crippen molar-refractivity contribution < 1.29 is 13.9 Å². The molecule has 0 bridgehead atoms. The van der Waals surface area contributed by atoms with Crippen LogP contribution < -0.4 is 0 Å². The monoisotopic (exact) mass is 320 g/mol. The third kappa shape index (κ3) is 5.01. The summed E-state index contributed by atoms with van der Waals surface area (Å²) in [5.74, 6) is 0.411. The van der Waals surface area contributed by atoms with Crippen molar-refractivity contribution in [2.45, 2.75) is 25.4 Å². The molecule has 1 amide bonds. The van der Waals surface area contributed by atoms with Crippen molar-refractivity contribution in [1.29, 1.82) is 0 Å². The number of rotatable bonds is 6. The number of carbonyl (C=O) groups excluding carboxylic acids is 1. The molecule has 5 heteroatoms. The zero-order valence-corrected chi connectivity index (χ0v) is 13.7. The fourth-order valence-corrected chi connectivity index (χ4v) is 3.05. The van der Waals surface area contributed by atoms with E-state index >= 15 is 0 Å². The molecule has 1 aromatic rings. The van der Waals surface area contributed by atoms with E-state index in [1.807, 2.05) is 4.90 Å². The van der Waals surface area contributed by atoms with Gasteiger partial charge in [-0.1, -0.05) is 12.1 Å². The molecule has 1 saturated carbocycles. The highest BCUT2D eigenvalue weighted by molar-refractivity contribution is 5.78. The van der Waals surface area contributed by atoms with Crippen LogP contribution in [0.1, 0.15) is 18.4 Å². The number of carbonyl (C=O) groups is 1. The summed E-state index contributed by atoms with van der Waals surface area (Å²) in [6.45, 7) is 3.95. The van der Waals surface area contributed by atoms with Gasteiger partial charge in [-0.3, -0.25) is 4.79 Å². The quantitative estimate of drug-likeness (QED) is 0.803. The predicted molar refractivity (Wildman–Crippen MR) is 86.6 cm³/mol. The van der Waals surface area contributed by atoms with Crippen molar-refractivity contribution >= 4 is 5.91 Å². The van der Waals surface area contributed by atoms with Crippen molar-refractivity contribution in [3.63, 3.8) is 0 Å². The van der Waals surface area contributed by atoms with Crippen LogP contribution >= 0.6 is 0 Å². The van der Waals surface area contributed by atoms with E-state index in [1.165, 1.54) is 25.0 Å². The van der Waals surface area contributed by atoms with Crippen LogP contribution in [0.15, 0.2) is 24.3 Å². The van der Waals surface area contributed by atoms with Gasteiger partial charge in [0.25, 0.3) is 0 Å². The topological polar surface area (TPSA) is 32.8 Å². The Balaban J connectivity index is 1.61. The molecule has 23 heavy (non-hydrogen) atoms. The van der Waals surface area contributed by atoms with E-state index in [0.29, 0.717) is 12.5 Å². The van der Waals surface area contributed by atoms with Crippen LogP contribution in [0.3, 0.4) is 0 Å². The largest absolute Gasteiger partial charge is 0.374 e. The number of nitrogens with zero attached hydrogens (tertiary/aromatic N) is 2. The summed E-state index contributed by atoms with van der Waals surface area (Å²) >= 11 is 0. The number of halogens is 1. The Hall–Kier alpha value is -1.46. The summed E-state index contributed by atoms with van der Waals surface area (Å²) < 4.78 is 19.1. The highest BCUT2D eigenvalue weighted by Gasteiger charge is 2.29. The third-order valence-electron chi connectivity index (χ3n) is 4.54. The third-order valence-corrected chi connectivity index (χ3v) is 4.54. The molecule has 2 fully saturated rings. The molecule has 4 nitrogen and oxygen atoms in total. The Morgan fingerprint density at radius 1 is 1.39 bits per heavy atom. The molecule has 1 saturated heterocycles. The second-order valence-corrected chi connectivity index (χ2v) is 6.80. The fourth-order valence-electron chi connectivity index (χ4n) is 3.05. The van der Waals surface area contributed by atoms with Crippen molar-refractivity contribution in [3.05, 3.63) is 35.6 Å². The van der Waals surface area contributed by atoms with Gasteiger partial charge in [0, 0.05) is 26.2 Å². The second-order valence-electron chi connectivity index (χ2n) is 6.80. The maximum Gasteiger partial charge on any atom is 0.227 e. The van der Waals surface area contributed by atoms with Gasteiger partial charge in [-0.15, -0.1) is 0 Å². The fraction of sp³-hybridized carbons (Fsp3) is 0.611. The standard InChI is InChI=1S/C18H25FN2O2/c1-20-7-8-23-17(12-20)13-21(11-14-5-6-14)18(22)10-15-3-2-4-16(19)9-15/h2-4,9,14,17H,5-8,10-13H2,1H3. The van der Waals surface area contributed by atoms with E-state index in [4.69, 9.17) is 4.74 Å². The maximum atomic E-state index is 13.3. The molecule has 126 valence electrons. The molecular formula is C18H25FN2O2. The minimum Gasteiger partial charge on any atom is -0.374 e. The minimum atomic E-state index is -0.290. The molecule has 2 aliphatic rings. The lowest BCUT2D eigenvalue weighted by Gasteiger charge is -2.34. The van der Waals surface area contributed by atoms with Gasteiger partial charge in [-0.25, -0.2) is 4.39 Å². The Labute approximate surface area is 137 Å². The van der Waals surface area contributed by atoms with Crippen LogP contribution in [0, 0.1) is 11.7 Å². The summed E-state index contributed by atoms with van der Waals surface area (Å²) in [7, 11) is 2.08. The van der Waals surface area contributed by atoms with Gasteiger partial charge < -0.3 is 14.5 Å². The molecule has 1 heterocycles. The molecular weight excluding hydrogens is 295 g/mol. The maximum absolute atomic E-state index is 13.3. The first kappa shape index (κ1) is 16.4. The Bertz CT molecular complexity index is 548. The van der Waals surface area contributed by atoms with E-state index in [0.717, 1.165) is 31.8 Å². The molecule has 0 radical (unpaired) electrons. The van der Waals surface area contributed by atoms with Crippen LogP contribution in [-0.2, 0) is 16.0 Å². The molecule has 3 rings (SSSR count). The summed E-state index contributed by atoms with van der Waals surface area (Å²) in [5.41, 5.74) is 0.734. The van der Waals surface area contributed by atoms with Gasteiger partial charge in [0.15, 0.2) is 0 Å². The van der Waals surface area contributed by atoms with Crippen molar-refractivity contribution in [1.82, 2.24) is 9.80 Å². The van der Waals surface area contributed by atoms with E-state index in [2.05, 4.69) is 11.9 Å². The van der Waals surface area contributed by atoms with E-state index in [9.17, 15) is 9.18 Å². The summed E-state index contributed by atoms with van der Waals surface area (Å²) in [4.78, 5) is 16.8. The first-order valence-corrected chi connectivity index (χ1v) is 8.42. The average Bonchev–Trinajstić information content (AvgIpc) is 3.31. The first-order valence-electron chi connectivity index (χ1n) is 8.42. The van der Waals surface area contributed by atoms with Crippen LogP contribution in [-0.4, -0.2) is 61.6 Å². The van der Waals surface area contributed by atoms with E-state index in [1.54, 1.807) is 12.1 Å². The highest BCUT2D eigenvalue weighted by atomic mass is 19.1. The van der Waals surface area contributed by atoms with Crippen LogP contribution in [0.5, 0.6) is 0 Å². The smallest absolute Gasteiger partial charge is 0.227 e. The van der Waals surface area contributed by atoms with Crippen LogP contribution in [0.2, 0.25) is 0 Å². The molecule has 1 aliphatic heterocycles. The van der Waals surface area contributed by atoms with E-state index < -0.39 is 0 Å². The normalized spacial score (nSPS) is 22.1. The van der Waals surface area contributed by atoms with Gasteiger partial charge in [-0.2, -0.15) is 0 Å². The number of likely N-dealkylation sites (N-methyl/N-ethyl adjacent to an activating group) is 1. The molecule has 0 N–H and O–H groups in total. The highest BCUT2D eigenvalue weighted by Crippen LogP contribution is 2.30. The van der Waals surface area contributed by atoms with Gasteiger partial charge in [0.1, 0.15) is 5.82 Å². The van der Waals surface area contributed by atoms with Crippen molar-refractivity contribution in [2.24, 2.45) is 5.92 Å². The first-order chi connectivity index (χ1) is 11.1. The van der Waals surface area contributed by atoms with E-state index in [-0.39, 0.29) is 24.2 Å². The Morgan fingerprint density at radius 3 is 2.91 bits per heavy atom. The molecule has 0 spiro atoms. The van der Waals surface area contributed by atoms with Crippen LogP contribution in [0.25, 0.3) is 0 Å². The summed E-state index contributed by atoms with van der Waals surface area (Å²) in [6, 6.07) is 6.31. The lowest BCUT2D eigenvalue weighted by atomic mass is 10.1. The van der Waals surface area contributed by atoms with Gasteiger partial charge >= 0.3 is 0 Å². The lowest BCUT2D eigenvalue weighted by Crippen LogP contribution is -2.48. The Morgan fingerprint density at radius 2 is 2.22 bits per heavy atom.